The molecule has 2 heterocycles. The third-order valence-electron chi connectivity index (χ3n) is 3.18. The first kappa shape index (κ1) is 13.2. The van der Waals surface area contributed by atoms with Crippen molar-refractivity contribution in [1.29, 1.82) is 0 Å². The van der Waals surface area contributed by atoms with E-state index in [4.69, 9.17) is 9.41 Å². The van der Waals surface area contributed by atoms with E-state index in [9.17, 15) is 0 Å². The van der Waals surface area contributed by atoms with Crippen LogP contribution in [0.3, 0.4) is 0 Å². The number of nitrogens with one attached hydrogen (secondary N) is 1. The Morgan fingerprint density at radius 3 is 2.85 bits per heavy atom. The van der Waals surface area contributed by atoms with Gasteiger partial charge in [-0.3, -0.25) is 4.99 Å². The van der Waals surface area contributed by atoms with Crippen molar-refractivity contribution < 1.29 is 4.42 Å². The molecular formula is C15H17N3OS. The smallest absolute Gasteiger partial charge is 0.216 e. The van der Waals surface area contributed by atoms with Crippen LogP contribution in [-0.4, -0.2) is 15.9 Å². The molecule has 2 atom stereocenters. The molecule has 20 heavy (non-hydrogen) atoms. The summed E-state index contributed by atoms with van der Waals surface area (Å²) in [5, 5.41) is 4.33. The standard InChI is InChI=1S/C15H17N3OS/c1-10-8-16-14(19-10)11(2)17-15-18-13(9-20-15)12-6-4-3-5-7-12/h3-8,11,13H,9H2,1-2H3,(H,17,18). The molecule has 1 aliphatic rings. The van der Waals surface area contributed by atoms with Crippen molar-refractivity contribution in [3.8, 4) is 0 Å². The minimum absolute atomic E-state index is 0.0319. The maximum Gasteiger partial charge on any atom is 0.216 e. The molecule has 4 nitrogen and oxygen atoms in total. The highest BCUT2D eigenvalue weighted by Crippen LogP contribution is 2.30. The predicted molar refractivity (Wildman–Crippen MR) is 81.9 cm³/mol. The van der Waals surface area contributed by atoms with Gasteiger partial charge < -0.3 is 9.73 Å². The lowest BCUT2D eigenvalue weighted by Crippen LogP contribution is -2.23. The van der Waals surface area contributed by atoms with Crippen LogP contribution in [0.2, 0.25) is 0 Å². The number of rotatable bonds is 3. The van der Waals surface area contributed by atoms with E-state index < -0.39 is 0 Å². The van der Waals surface area contributed by atoms with E-state index >= 15 is 0 Å². The predicted octanol–water partition coefficient (Wildman–Crippen LogP) is 3.48. The van der Waals surface area contributed by atoms with E-state index in [1.165, 1.54) is 5.56 Å². The Labute approximate surface area is 122 Å². The van der Waals surface area contributed by atoms with E-state index in [0.29, 0.717) is 5.89 Å². The number of amidine groups is 1. The lowest BCUT2D eigenvalue weighted by atomic mass is 10.1. The zero-order chi connectivity index (χ0) is 13.9. The quantitative estimate of drug-likeness (QED) is 0.939. The van der Waals surface area contributed by atoms with Gasteiger partial charge in [0, 0.05) is 5.75 Å². The summed E-state index contributed by atoms with van der Waals surface area (Å²) in [6.45, 7) is 3.93. The van der Waals surface area contributed by atoms with Crippen LogP contribution in [-0.2, 0) is 0 Å². The molecule has 104 valence electrons. The van der Waals surface area contributed by atoms with Gasteiger partial charge in [-0.05, 0) is 19.4 Å². The zero-order valence-corrected chi connectivity index (χ0v) is 12.4. The van der Waals surface area contributed by atoms with Crippen molar-refractivity contribution in [2.75, 3.05) is 5.75 Å². The van der Waals surface area contributed by atoms with Gasteiger partial charge in [-0.25, -0.2) is 4.98 Å². The van der Waals surface area contributed by atoms with E-state index in [1.807, 2.05) is 19.9 Å². The summed E-state index contributed by atoms with van der Waals surface area (Å²) >= 11 is 1.74. The number of aliphatic imine (C=N–C) groups is 1. The minimum Gasteiger partial charge on any atom is -0.444 e. The lowest BCUT2D eigenvalue weighted by molar-refractivity contribution is 0.430. The molecule has 0 fully saturated rings. The Hall–Kier alpha value is -1.75. The Kier molecular flexibility index (Phi) is 3.78. The molecule has 0 aliphatic carbocycles. The fourth-order valence-electron chi connectivity index (χ4n) is 2.12. The molecule has 0 bridgehead atoms. The van der Waals surface area contributed by atoms with Gasteiger partial charge in [0.15, 0.2) is 5.17 Å². The van der Waals surface area contributed by atoms with Gasteiger partial charge in [0.25, 0.3) is 0 Å². The normalized spacial score (nSPS) is 19.7. The molecule has 5 heteroatoms. The van der Waals surface area contributed by atoms with Crippen molar-refractivity contribution in [2.24, 2.45) is 4.99 Å². The third-order valence-corrected chi connectivity index (χ3v) is 4.16. The molecule has 1 N–H and O–H groups in total. The van der Waals surface area contributed by atoms with Gasteiger partial charge in [-0.2, -0.15) is 0 Å². The topological polar surface area (TPSA) is 50.4 Å². The first-order chi connectivity index (χ1) is 9.72. The average Bonchev–Trinajstić information content (AvgIpc) is 3.09. The van der Waals surface area contributed by atoms with Crippen molar-refractivity contribution in [1.82, 2.24) is 10.3 Å². The molecular weight excluding hydrogens is 270 g/mol. The summed E-state index contributed by atoms with van der Waals surface area (Å²) in [6, 6.07) is 10.7. The van der Waals surface area contributed by atoms with Gasteiger partial charge in [0.1, 0.15) is 11.8 Å². The summed E-state index contributed by atoms with van der Waals surface area (Å²) in [4.78, 5) is 8.97. The van der Waals surface area contributed by atoms with Crippen LogP contribution in [0, 0.1) is 6.92 Å². The molecule has 0 amide bonds. The Morgan fingerprint density at radius 2 is 2.15 bits per heavy atom. The highest BCUT2D eigenvalue weighted by molar-refractivity contribution is 8.14. The van der Waals surface area contributed by atoms with E-state index in [-0.39, 0.29) is 12.1 Å². The summed E-state index contributed by atoms with van der Waals surface area (Å²) in [5.41, 5.74) is 1.26. The number of hydrogen-bond donors (Lipinski definition) is 1. The van der Waals surface area contributed by atoms with Crippen LogP contribution in [0.25, 0.3) is 0 Å². The maximum absolute atomic E-state index is 5.53. The zero-order valence-electron chi connectivity index (χ0n) is 11.5. The van der Waals surface area contributed by atoms with Gasteiger partial charge in [0.05, 0.1) is 12.2 Å². The number of thioether (sulfide) groups is 1. The van der Waals surface area contributed by atoms with Crippen LogP contribution < -0.4 is 5.32 Å². The average molecular weight is 287 g/mol. The van der Waals surface area contributed by atoms with Gasteiger partial charge in [-0.15, -0.1) is 0 Å². The number of hydrogen-bond acceptors (Lipinski definition) is 5. The van der Waals surface area contributed by atoms with Crippen molar-refractivity contribution in [3.63, 3.8) is 0 Å². The molecule has 0 saturated carbocycles. The molecule has 1 aromatic heterocycles. The number of benzene rings is 1. The highest BCUT2D eigenvalue weighted by atomic mass is 32.2. The molecule has 1 aromatic carbocycles. The number of aromatic nitrogens is 1. The van der Waals surface area contributed by atoms with Gasteiger partial charge >= 0.3 is 0 Å². The molecule has 0 saturated heterocycles. The van der Waals surface area contributed by atoms with Gasteiger partial charge in [-0.1, -0.05) is 42.1 Å². The first-order valence-corrected chi connectivity index (χ1v) is 7.65. The minimum atomic E-state index is 0.0319. The first-order valence-electron chi connectivity index (χ1n) is 6.67. The molecule has 1 aliphatic heterocycles. The van der Waals surface area contributed by atoms with E-state index in [1.54, 1.807) is 18.0 Å². The summed E-state index contributed by atoms with van der Waals surface area (Å²) < 4.78 is 5.53. The van der Waals surface area contributed by atoms with Crippen molar-refractivity contribution in [3.05, 3.63) is 53.7 Å². The molecule has 3 rings (SSSR count). The van der Waals surface area contributed by atoms with Crippen molar-refractivity contribution in [2.45, 2.75) is 25.9 Å². The third kappa shape index (κ3) is 2.88. The van der Waals surface area contributed by atoms with Crippen LogP contribution in [0.1, 0.15) is 36.2 Å². The van der Waals surface area contributed by atoms with E-state index in [2.05, 4.69) is 34.6 Å². The fourth-order valence-corrected chi connectivity index (χ4v) is 3.16. The fraction of sp³-hybridized carbons (Fsp3) is 0.333. The highest BCUT2D eigenvalue weighted by Gasteiger charge is 2.22. The molecule has 0 spiro atoms. The molecule has 0 radical (unpaired) electrons. The Balaban J connectivity index is 1.67. The molecule has 2 aromatic rings. The van der Waals surface area contributed by atoms with Crippen LogP contribution in [0.5, 0.6) is 0 Å². The lowest BCUT2D eigenvalue weighted by Gasteiger charge is -2.10. The maximum atomic E-state index is 5.53. The number of nitrogens with zero attached hydrogens (tertiary/aromatic N) is 2. The Morgan fingerprint density at radius 1 is 1.35 bits per heavy atom. The molecule has 2 unspecified atom stereocenters. The van der Waals surface area contributed by atoms with E-state index in [0.717, 1.165) is 16.7 Å². The SMILES string of the molecule is Cc1cnc(C(C)NC2=NC(c3ccccc3)CS2)o1. The summed E-state index contributed by atoms with van der Waals surface area (Å²) in [6.07, 6.45) is 1.74. The van der Waals surface area contributed by atoms with Crippen LogP contribution >= 0.6 is 11.8 Å². The monoisotopic (exact) mass is 287 g/mol. The Bertz CT molecular complexity index is 609. The van der Waals surface area contributed by atoms with Crippen LogP contribution in [0.15, 0.2) is 45.9 Å². The summed E-state index contributed by atoms with van der Waals surface area (Å²) in [7, 11) is 0. The van der Waals surface area contributed by atoms with Gasteiger partial charge in [0.2, 0.25) is 5.89 Å². The number of oxazole rings is 1. The summed E-state index contributed by atoms with van der Waals surface area (Å²) in [5.74, 6) is 2.51. The largest absolute Gasteiger partial charge is 0.444 e. The second-order valence-electron chi connectivity index (χ2n) is 4.85. The number of aryl methyl sites for hydroxylation is 1. The van der Waals surface area contributed by atoms with Crippen LogP contribution in [0.4, 0.5) is 0 Å². The second kappa shape index (κ2) is 5.71. The second-order valence-corrected chi connectivity index (χ2v) is 5.86. The van der Waals surface area contributed by atoms with Crippen molar-refractivity contribution >= 4 is 16.9 Å².